The van der Waals surface area contributed by atoms with E-state index >= 15 is 0 Å². The molecule has 4 unspecified atom stereocenters. The lowest BCUT2D eigenvalue weighted by Crippen LogP contribution is -2.47. The number of hydrogen-bond donors (Lipinski definition) is 5. The van der Waals surface area contributed by atoms with E-state index in [4.69, 9.17) is 14.8 Å². The van der Waals surface area contributed by atoms with Gasteiger partial charge in [0, 0.05) is 6.54 Å². The standard InChI is InChI=1S/C29H59N2O7P/c1-3-5-7-9-11-12-13-15-17-19-21-28(33)27(25-38-39(35,36)37-23-22-30)31-29(34)24-26(32)20-18-16-14-10-8-6-4-2/h16,18,26-28,32-33H,3-15,17,19-25,30H2,1-2H3,(H,31,34)(H,35,36)/b18-16-. The predicted octanol–water partition coefficient (Wildman–Crippen LogP) is 5.90. The molecule has 0 saturated heterocycles. The van der Waals surface area contributed by atoms with Crippen LogP contribution in [-0.2, 0) is 18.4 Å². The van der Waals surface area contributed by atoms with Gasteiger partial charge in [0.05, 0.1) is 37.9 Å². The normalized spacial score (nSPS) is 15.7. The van der Waals surface area contributed by atoms with Gasteiger partial charge in [-0.25, -0.2) is 4.57 Å². The van der Waals surface area contributed by atoms with Gasteiger partial charge in [0.2, 0.25) is 5.91 Å². The summed E-state index contributed by atoms with van der Waals surface area (Å²) in [5.41, 5.74) is 5.31. The highest BCUT2D eigenvalue weighted by atomic mass is 31.2. The van der Waals surface area contributed by atoms with E-state index in [0.29, 0.717) is 12.8 Å². The second-order valence-corrected chi connectivity index (χ2v) is 12.0. The molecule has 39 heavy (non-hydrogen) atoms. The van der Waals surface area contributed by atoms with Gasteiger partial charge in [-0.15, -0.1) is 0 Å². The molecule has 0 fully saturated rings. The minimum Gasteiger partial charge on any atom is -0.392 e. The first-order chi connectivity index (χ1) is 18.8. The number of nitrogens with two attached hydrogens (primary N) is 1. The van der Waals surface area contributed by atoms with Crippen LogP contribution in [0, 0.1) is 0 Å². The molecule has 10 heteroatoms. The van der Waals surface area contributed by atoms with Crippen molar-refractivity contribution in [2.45, 2.75) is 148 Å². The van der Waals surface area contributed by atoms with Gasteiger partial charge < -0.3 is 26.2 Å². The molecule has 4 atom stereocenters. The summed E-state index contributed by atoms with van der Waals surface area (Å²) in [5.74, 6) is -0.454. The Balaban J connectivity index is 4.59. The smallest absolute Gasteiger partial charge is 0.392 e. The Morgan fingerprint density at radius 3 is 2.03 bits per heavy atom. The van der Waals surface area contributed by atoms with Crippen LogP contribution in [0.1, 0.15) is 129 Å². The topological polar surface area (TPSA) is 151 Å². The molecule has 6 N–H and O–H groups in total. The summed E-state index contributed by atoms with van der Waals surface area (Å²) in [4.78, 5) is 22.4. The van der Waals surface area contributed by atoms with E-state index < -0.39 is 38.6 Å². The summed E-state index contributed by atoms with van der Waals surface area (Å²) in [5, 5.41) is 23.7. The lowest BCUT2D eigenvalue weighted by molar-refractivity contribution is -0.125. The Hall–Kier alpha value is -0.800. The first-order valence-electron chi connectivity index (χ1n) is 15.4. The molecular weight excluding hydrogens is 519 g/mol. The molecule has 0 bridgehead atoms. The Labute approximate surface area is 237 Å². The largest absolute Gasteiger partial charge is 0.472 e. The number of carbonyl (C=O) groups is 1. The molecule has 0 aromatic carbocycles. The Bertz CT molecular complexity index is 651. The van der Waals surface area contributed by atoms with Crippen molar-refractivity contribution in [1.29, 1.82) is 0 Å². The monoisotopic (exact) mass is 578 g/mol. The first kappa shape index (κ1) is 38.2. The lowest BCUT2D eigenvalue weighted by Gasteiger charge is -2.25. The Morgan fingerprint density at radius 1 is 0.872 bits per heavy atom. The van der Waals surface area contributed by atoms with Gasteiger partial charge in [0.25, 0.3) is 0 Å². The Kier molecular flexibility index (Phi) is 25.6. The second-order valence-electron chi connectivity index (χ2n) is 10.5. The van der Waals surface area contributed by atoms with Crippen LogP contribution in [0.2, 0.25) is 0 Å². The molecule has 0 aliphatic rings. The average Bonchev–Trinajstić information content (AvgIpc) is 2.90. The molecule has 1 amide bonds. The van der Waals surface area contributed by atoms with Gasteiger partial charge in [0.1, 0.15) is 0 Å². The highest BCUT2D eigenvalue weighted by Gasteiger charge is 2.28. The highest BCUT2D eigenvalue weighted by molar-refractivity contribution is 7.47. The van der Waals surface area contributed by atoms with Crippen molar-refractivity contribution >= 4 is 13.7 Å². The minimum absolute atomic E-state index is 0.0561. The molecule has 0 aliphatic heterocycles. The van der Waals surface area contributed by atoms with Crippen LogP contribution < -0.4 is 11.1 Å². The first-order valence-corrected chi connectivity index (χ1v) is 16.9. The van der Waals surface area contributed by atoms with E-state index in [9.17, 15) is 24.5 Å². The molecule has 0 radical (unpaired) electrons. The molecule has 9 nitrogen and oxygen atoms in total. The van der Waals surface area contributed by atoms with Gasteiger partial charge in [-0.1, -0.05) is 109 Å². The van der Waals surface area contributed by atoms with Crippen molar-refractivity contribution in [3.05, 3.63) is 12.2 Å². The molecular formula is C29H59N2O7P. The third-order valence-corrected chi connectivity index (χ3v) is 7.66. The zero-order valence-electron chi connectivity index (χ0n) is 24.7. The van der Waals surface area contributed by atoms with Crippen LogP contribution in [0.25, 0.3) is 0 Å². The summed E-state index contributed by atoms with van der Waals surface area (Å²) in [6.45, 7) is 3.90. The number of nitrogens with one attached hydrogen (secondary N) is 1. The molecule has 0 saturated carbocycles. The zero-order valence-corrected chi connectivity index (χ0v) is 25.6. The quantitative estimate of drug-likeness (QED) is 0.0437. The van der Waals surface area contributed by atoms with Crippen molar-refractivity contribution in [2.24, 2.45) is 5.73 Å². The van der Waals surface area contributed by atoms with E-state index in [2.05, 4.69) is 19.2 Å². The van der Waals surface area contributed by atoms with E-state index in [1.807, 2.05) is 12.2 Å². The fourth-order valence-corrected chi connectivity index (χ4v) is 5.05. The molecule has 0 aliphatic carbocycles. The number of aliphatic hydroxyl groups excluding tert-OH is 2. The summed E-state index contributed by atoms with van der Waals surface area (Å²) in [6.07, 6.45) is 20.1. The minimum atomic E-state index is -4.36. The molecule has 232 valence electrons. The van der Waals surface area contributed by atoms with Gasteiger partial charge in [-0.05, 0) is 25.7 Å². The number of carbonyl (C=O) groups excluding carboxylic acids is 1. The summed E-state index contributed by atoms with van der Waals surface area (Å²) < 4.78 is 21.8. The van der Waals surface area contributed by atoms with Crippen LogP contribution in [0.4, 0.5) is 0 Å². The van der Waals surface area contributed by atoms with Crippen molar-refractivity contribution in [2.75, 3.05) is 19.8 Å². The van der Waals surface area contributed by atoms with Crippen molar-refractivity contribution in [1.82, 2.24) is 5.32 Å². The zero-order chi connectivity index (χ0) is 29.2. The summed E-state index contributed by atoms with van der Waals surface area (Å²) in [7, 11) is -4.36. The fourth-order valence-electron chi connectivity index (χ4n) is 4.29. The number of allylic oxidation sites excluding steroid dienone is 1. The van der Waals surface area contributed by atoms with E-state index in [1.54, 1.807) is 0 Å². The van der Waals surface area contributed by atoms with Gasteiger partial charge in [0.15, 0.2) is 0 Å². The van der Waals surface area contributed by atoms with E-state index in [1.165, 1.54) is 64.2 Å². The van der Waals surface area contributed by atoms with E-state index in [-0.39, 0.29) is 19.6 Å². The highest BCUT2D eigenvalue weighted by Crippen LogP contribution is 2.43. The molecule has 0 rings (SSSR count). The van der Waals surface area contributed by atoms with Crippen LogP contribution in [-0.4, -0.2) is 59.0 Å². The maximum atomic E-state index is 12.6. The molecule has 0 heterocycles. The number of phosphoric acid groups is 1. The van der Waals surface area contributed by atoms with Crippen LogP contribution in [0.5, 0.6) is 0 Å². The number of unbranched alkanes of at least 4 members (excludes halogenated alkanes) is 13. The van der Waals surface area contributed by atoms with Crippen LogP contribution in [0.15, 0.2) is 12.2 Å². The number of amides is 1. The molecule has 0 spiro atoms. The number of aliphatic hydroxyl groups is 2. The predicted molar refractivity (Wildman–Crippen MR) is 158 cm³/mol. The average molecular weight is 579 g/mol. The molecule has 0 aromatic rings. The Morgan fingerprint density at radius 2 is 1.44 bits per heavy atom. The summed E-state index contributed by atoms with van der Waals surface area (Å²) >= 11 is 0. The number of rotatable bonds is 28. The third kappa shape index (κ3) is 24.7. The lowest BCUT2D eigenvalue weighted by atomic mass is 10.0. The number of hydrogen-bond acceptors (Lipinski definition) is 7. The maximum absolute atomic E-state index is 12.6. The van der Waals surface area contributed by atoms with Crippen LogP contribution in [0.3, 0.4) is 0 Å². The second kappa shape index (κ2) is 26.1. The van der Waals surface area contributed by atoms with Crippen molar-refractivity contribution in [3.8, 4) is 0 Å². The van der Waals surface area contributed by atoms with E-state index in [0.717, 1.165) is 32.1 Å². The van der Waals surface area contributed by atoms with Crippen LogP contribution >= 0.6 is 7.82 Å². The van der Waals surface area contributed by atoms with Gasteiger partial charge in [-0.2, -0.15) is 0 Å². The van der Waals surface area contributed by atoms with Crippen molar-refractivity contribution in [3.63, 3.8) is 0 Å². The van der Waals surface area contributed by atoms with Crippen molar-refractivity contribution < 1.29 is 33.5 Å². The van der Waals surface area contributed by atoms with Gasteiger partial charge >= 0.3 is 7.82 Å². The molecule has 0 aromatic heterocycles. The fraction of sp³-hybridized carbons (Fsp3) is 0.897. The third-order valence-electron chi connectivity index (χ3n) is 6.67. The maximum Gasteiger partial charge on any atom is 0.472 e. The SMILES string of the molecule is CCCCCC/C=C\CC(O)CC(=O)NC(COP(=O)(O)OCCN)C(O)CCCCCCCCCCCC. The summed E-state index contributed by atoms with van der Waals surface area (Å²) in [6, 6.07) is -0.903. The number of phosphoric ester groups is 1. The van der Waals surface area contributed by atoms with Gasteiger partial charge in [-0.3, -0.25) is 13.8 Å².